The van der Waals surface area contributed by atoms with Gasteiger partial charge in [-0.2, -0.15) is 0 Å². The number of rotatable bonds is 7. The average molecular weight is 398 g/mol. The summed E-state index contributed by atoms with van der Waals surface area (Å²) in [5.74, 6) is 0.836. The minimum Gasteiger partial charge on any atom is -0.475 e. The molecule has 1 amide bonds. The summed E-state index contributed by atoms with van der Waals surface area (Å²) in [4.78, 5) is 14.9. The van der Waals surface area contributed by atoms with Crippen molar-refractivity contribution in [3.05, 3.63) is 34.9 Å². The van der Waals surface area contributed by atoms with Gasteiger partial charge in [-0.15, -0.1) is 5.10 Å². The molecule has 0 aliphatic carbocycles. The van der Waals surface area contributed by atoms with Gasteiger partial charge in [-0.25, -0.2) is 0 Å². The third kappa shape index (κ3) is 4.65. The van der Waals surface area contributed by atoms with Crippen LogP contribution in [0.15, 0.2) is 18.2 Å². The maximum atomic E-state index is 12.9. The van der Waals surface area contributed by atoms with E-state index in [9.17, 15) is 4.79 Å². The molecule has 1 fully saturated rings. The van der Waals surface area contributed by atoms with Gasteiger partial charge in [-0.1, -0.05) is 30.5 Å². The number of aromatic nitrogens is 2. The number of likely N-dealkylation sites (tertiary alicyclic amines) is 1. The first kappa shape index (κ1) is 21.4. The smallest absolute Gasteiger partial charge is 0.236 e. The maximum absolute atomic E-state index is 12.9. The molecule has 1 saturated heterocycles. The monoisotopic (exact) mass is 397 g/mol. The lowest BCUT2D eigenvalue weighted by Crippen LogP contribution is -2.42. The van der Waals surface area contributed by atoms with E-state index in [0.29, 0.717) is 12.5 Å². The van der Waals surface area contributed by atoms with Crippen LogP contribution in [0.25, 0.3) is 11.3 Å². The van der Waals surface area contributed by atoms with Gasteiger partial charge in [-0.3, -0.25) is 9.48 Å². The lowest BCUT2D eigenvalue weighted by Gasteiger charge is -2.28. The molecule has 158 valence electrons. The van der Waals surface area contributed by atoms with Gasteiger partial charge in [0.05, 0.1) is 11.1 Å². The number of carbonyl (C=O) groups excluding carboxylic acids is 1. The minimum atomic E-state index is -0.564. The number of amides is 1. The first-order chi connectivity index (χ1) is 13.7. The Bertz CT molecular complexity index is 856. The molecule has 1 aromatic carbocycles. The van der Waals surface area contributed by atoms with E-state index in [2.05, 4.69) is 39.0 Å². The molecule has 0 atom stereocenters. The Morgan fingerprint density at radius 2 is 1.76 bits per heavy atom. The van der Waals surface area contributed by atoms with Crippen LogP contribution in [0, 0.1) is 19.3 Å². The summed E-state index contributed by atoms with van der Waals surface area (Å²) in [6.07, 6.45) is 4.10. The number of nitrogens with zero attached hydrogens (tertiary/aromatic N) is 3. The Morgan fingerprint density at radius 1 is 1.14 bits per heavy atom. The van der Waals surface area contributed by atoms with Crippen molar-refractivity contribution < 1.29 is 9.53 Å². The van der Waals surface area contributed by atoms with Gasteiger partial charge in [0.2, 0.25) is 11.8 Å². The highest BCUT2D eigenvalue weighted by Gasteiger charge is 2.34. The van der Waals surface area contributed by atoms with Gasteiger partial charge in [0.15, 0.2) is 0 Å². The van der Waals surface area contributed by atoms with Crippen LogP contribution in [-0.4, -0.2) is 40.3 Å². The highest BCUT2D eigenvalue weighted by atomic mass is 16.5. The van der Waals surface area contributed by atoms with Crippen LogP contribution in [0.5, 0.6) is 5.88 Å². The minimum absolute atomic E-state index is 0.178. The van der Waals surface area contributed by atoms with E-state index in [0.717, 1.165) is 50.0 Å². The summed E-state index contributed by atoms with van der Waals surface area (Å²) in [5.41, 5.74) is 5.32. The summed E-state index contributed by atoms with van der Waals surface area (Å²) >= 11 is 0. The topological polar surface area (TPSA) is 47.4 Å². The van der Waals surface area contributed by atoms with Gasteiger partial charge in [-0.05, 0) is 59.1 Å². The molecule has 0 bridgehead atoms. The van der Waals surface area contributed by atoms with Gasteiger partial charge >= 0.3 is 0 Å². The molecule has 2 heterocycles. The zero-order valence-corrected chi connectivity index (χ0v) is 18.8. The SMILES string of the molecule is CCCc1c(OCC(C)(C)C(=O)N2CCCC2)nn(C)c1-c1cc(C)cc(C)c1. The molecule has 0 N–H and O–H groups in total. The largest absolute Gasteiger partial charge is 0.475 e. The van der Waals surface area contributed by atoms with Crippen LogP contribution in [0.4, 0.5) is 0 Å². The van der Waals surface area contributed by atoms with Crippen molar-refractivity contribution in [2.45, 2.75) is 60.3 Å². The van der Waals surface area contributed by atoms with Gasteiger partial charge in [0.25, 0.3) is 0 Å². The molecule has 0 spiro atoms. The van der Waals surface area contributed by atoms with E-state index in [1.54, 1.807) is 0 Å². The second-order valence-corrected chi connectivity index (χ2v) is 9.05. The van der Waals surface area contributed by atoms with Crippen molar-refractivity contribution in [1.29, 1.82) is 0 Å². The Kier molecular flexibility index (Phi) is 6.35. The third-order valence-corrected chi connectivity index (χ3v) is 5.65. The molecule has 1 aliphatic heterocycles. The fourth-order valence-electron chi connectivity index (χ4n) is 4.27. The number of carbonyl (C=O) groups is 1. The Balaban J connectivity index is 1.87. The van der Waals surface area contributed by atoms with Crippen molar-refractivity contribution in [1.82, 2.24) is 14.7 Å². The molecular weight excluding hydrogens is 362 g/mol. The quantitative estimate of drug-likeness (QED) is 0.681. The van der Waals surface area contributed by atoms with Crippen LogP contribution >= 0.6 is 0 Å². The molecule has 1 aromatic heterocycles. The van der Waals surface area contributed by atoms with Crippen LogP contribution in [-0.2, 0) is 18.3 Å². The second kappa shape index (κ2) is 8.60. The predicted octanol–water partition coefficient (Wildman–Crippen LogP) is 4.68. The van der Waals surface area contributed by atoms with E-state index in [-0.39, 0.29) is 5.91 Å². The molecular formula is C24H35N3O2. The van der Waals surface area contributed by atoms with Crippen LogP contribution < -0.4 is 4.74 Å². The van der Waals surface area contributed by atoms with Crippen LogP contribution in [0.1, 0.15) is 56.7 Å². The summed E-state index contributed by atoms with van der Waals surface area (Å²) in [7, 11) is 1.97. The zero-order valence-electron chi connectivity index (χ0n) is 18.8. The van der Waals surface area contributed by atoms with Gasteiger partial charge in [0.1, 0.15) is 6.61 Å². The molecule has 0 saturated carbocycles. The lowest BCUT2D eigenvalue weighted by molar-refractivity contribution is -0.140. The molecule has 0 unspecified atom stereocenters. The van der Waals surface area contributed by atoms with E-state index in [1.807, 2.05) is 30.5 Å². The fraction of sp³-hybridized carbons (Fsp3) is 0.583. The van der Waals surface area contributed by atoms with Gasteiger partial charge in [0, 0.05) is 31.3 Å². The molecule has 5 nitrogen and oxygen atoms in total. The first-order valence-corrected chi connectivity index (χ1v) is 10.8. The highest BCUT2D eigenvalue weighted by molar-refractivity contribution is 5.82. The summed E-state index contributed by atoms with van der Waals surface area (Å²) < 4.78 is 8.12. The zero-order chi connectivity index (χ0) is 21.2. The van der Waals surface area contributed by atoms with E-state index in [4.69, 9.17) is 9.84 Å². The van der Waals surface area contributed by atoms with Crippen LogP contribution in [0.3, 0.4) is 0 Å². The number of hydrogen-bond donors (Lipinski definition) is 0. The van der Waals surface area contributed by atoms with E-state index >= 15 is 0 Å². The first-order valence-electron chi connectivity index (χ1n) is 10.8. The molecule has 29 heavy (non-hydrogen) atoms. The van der Waals surface area contributed by atoms with Crippen molar-refractivity contribution in [2.75, 3.05) is 19.7 Å². The lowest BCUT2D eigenvalue weighted by atomic mass is 9.93. The van der Waals surface area contributed by atoms with Crippen molar-refractivity contribution in [3.8, 4) is 17.1 Å². The van der Waals surface area contributed by atoms with E-state index < -0.39 is 5.41 Å². The average Bonchev–Trinajstić information content (AvgIpc) is 3.27. The van der Waals surface area contributed by atoms with Gasteiger partial charge < -0.3 is 9.64 Å². The summed E-state index contributed by atoms with van der Waals surface area (Å²) in [5, 5.41) is 4.69. The van der Waals surface area contributed by atoms with Crippen molar-refractivity contribution in [2.24, 2.45) is 12.5 Å². The number of ether oxygens (including phenoxy) is 1. The Labute approximate surface area is 175 Å². The maximum Gasteiger partial charge on any atom is 0.236 e. The number of hydrogen-bond acceptors (Lipinski definition) is 3. The van der Waals surface area contributed by atoms with Crippen molar-refractivity contribution in [3.63, 3.8) is 0 Å². The number of benzene rings is 1. The Morgan fingerprint density at radius 3 is 2.34 bits per heavy atom. The molecule has 2 aromatic rings. The molecule has 1 aliphatic rings. The summed E-state index contributed by atoms with van der Waals surface area (Å²) in [6, 6.07) is 6.59. The molecule has 5 heteroatoms. The summed E-state index contributed by atoms with van der Waals surface area (Å²) in [6.45, 7) is 12.4. The third-order valence-electron chi connectivity index (χ3n) is 5.65. The highest BCUT2D eigenvalue weighted by Crippen LogP contribution is 2.33. The van der Waals surface area contributed by atoms with E-state index in [1.165, 1.54) is 16.7 Å². The van der Waals surface area contributed by atoms with Crippen molar-refractivity contribution >= 4 is 5.91 Å². The predicted molar refractivity (Wildman–Crippen MR) is 117 cm³/mol. The normalized spacial score (nSPS) is 14.5. The van der Waals surface area contributed by atoms with Crippen LogP contribution in [0.2, 0.25) is 0 Å². The number of aryl methyl sites for hydroxylation is 3. The fourth-order valence-corrected chi connectivity index (χ4v) is 4.27. The Hall–Kier alpha value is -2.30. The molecule has 3 rings (SSSR count). The standard InChI is InChI=1S/C24H35N3O2/c1-7-10-20-21(19-14-17(2)13-18(3)15-19)26(6)25-22(20)29-16-24(4,5)23(28)27-11-8-9-12-27/h13-15H,7-12,16H2,1-6H3. The second-order valence-electron chi connectivity index (χ2n) is 9.05. The molecule has 0 radical (unpaired) electrons.